The second-order valence-corrected chi connectivity index (χ2v) is 4.90. The highest BCUT2D eigenvalue weighted by atomic mass is 15.3. The molecule has 1 fully saturated rings. The van der Waals surface area contributed by atoms with Gasteiger partial charge in [0, 0.05) is 13.5 Å². The van der Waals surface area contributed by atoms with Crippen molar-refractivity contribution in [1.82, 2.24) is 14.8 Å². The summed E-state index contributed by atoms with van der Waals surface area (Å²) in [5.41, 5.74) is 5.89. The van der Waals surface area contributed by atoms with Crippen LogP contribution in [0, 0.1) is 11.8 Å². The second-order valence-electron chi connectivity index (χ2n) is 4.90. The maximum atomic E-state index is 5.89. The van der Waals surface area contributed by atoms with E-state index in [9.17, 15) is 0 Å². The van der Waals surface area contributed by atoms with Crippen molar-refractivity contribution in [3.05, 3.63) is 12.2 Å². The Kier molecular flexibility index (Phi) is 3.93. The number of aromatic nitrogens is 3. The fourth-order valence-electron chi connectivity index (χ4n) is 2.78. The molecule has 2 atom stereocenters. The van der Waals surface area contributed by atoms with E-state index in [1.807, 2.05) is 11.7 Å². The Labute approximate surface area is 97.2 Å². The van der Waals surface area contributed by atoms with Gasteiger partial charge in [0.05, 0.1) is 0 Å². The van der Waals surface area contributed by atoms with Crippen LogP contribution < -0.4 is 5.73 Å². The number of aryl methyl sites for hydroxylation is 1. The van der Waals surface area contributed by atoms with Crippen LogP contribution in [0.15, 0.2) is 6.33 Å². The molecule has 1 saturated carbocycles. The first-order chi connectivity index (χ1) is 7.81. The highest BCUT2D eigenvalue weighted by molar-refractivity contribution is 4.89. The Morgan fingerprint density at radius 2 is 2.06 bits per heavy atom. The van der Waals surface area contributed by atoms with Gasteiger partial charge in [-0.2, -0.15) is 5.10 Å². The fraction of sp³-hybridized carbons (Fsp3) is 0.833. The lowest BCUT2D eigenvalue weighted by molar-refractivity contribution is 0.310. The first-order valence-corrected chi connectivity index (χ1v) is 6.34. The minimum Gasteiger partial charge on any atom is -0.330 e. The molecule has 16 heavy (non-hydrogen) atoms. The summed E-state index contributed by atoms with van der Waals surface area (Å²) < 4.78 is 1.89. The summed E-state index contributed by atoms with van der Waals surface area (Å²) in [4.78, 5) is 4.32. The zero-order valence-electron chi connectivity index (χ0n) is 10.1. The van der Waals surface area contributed by atoms with Crippen LogP contribution in [-0.4, -0.2) is 21.3 Å². The topological polar surface area (TPSA) is 56.7 Å². The summed E-state index contributed by atoms with van der Waals surface area (Å²) >= 11 is 0. The van der Waals surface area contributed by atoms with Crippen molar-refractivity contribution in [2.45, 2.75) is 38.5 Å². The molecule has 2 rings (SSSR count). The maximum Gasteiger partial charge on any atom is 0.138 e. The standard InChI is InChI=1S/C12H22N4/c1-16-12(14-9-15-16)7-10-5-3-2-4-6-11(10)8-13/h9-11H,2-8,13H2,1H3. The van der Waals surface area contributed by atoms with E-state index in [1.54, 1.807) is 6.33 Å². The quantitative estimate of drug-likeness (QED) is 0.789. The summed E-state index contributed by atoms with van der Waals surface area (Å²) in [5.74, 6) is 2.49. The smallest absolute Gasteiger partial charge is 0.138 e. The molecule has 2 N–H and O–H groups in total. The molecule has 1 aliphatic rings. The van der Waals surface area contributed by atoms with Gasteiger partial charge in [0.1, 0.15) is 12.2 Å². The predicted molar refractivity (Wildman–Crippen MR) is 63.8 cm³/mol. The molecule has 1 aromatic rings. The van der Waals surface area contributed by atoms with E-state index in [0.29, 0.717) is 11.8 Å². The molecule has 0 spiro atoms. The zero-order valence-corrected chi connectivity index (χ0v) is 10.1. The summed E-state index contributed by atoms with van der Waals surface area (Å²) in [7, 11) is 1.97. The van der Waals surface area contributed by atoms with Gasteiger partial charge in [-0.25, -0.2) is 4.98 Å². The Morgan fingerprint density at radius 3 is 2.69 bits per heavy atom. The van der Waals surface area contributed by atoms with Crippen LogP contribution in [0.4, 0.5) is 0 Å². The summed E-state index contributed by atoms with van der Waals surface area (Å²) in [6.45, 7) is 0.822. The molecule has 0 amide bonds. The molecule has 0 saturated heterocycles. The van der Waals surface area contributed by atoms with Gasteiger partial charge < -0.3 is 5.73 Å². The van der Waals surface area contributed by atoms with Gasteiger partial charge in [-0.1, -0.05) is 19.3 Å². The third-order valence-corrected chi connectivity index (χ3v) is 3.87. The van der Waals surface area contributed by atoms with Gasteiger partial charge in [0.25, 0.3) is 0 Å². The molecule has 90 valence electrons. The average molecular weight is 222 g/mol. The monoisotopic (exact) mass is 222 g/mol. The van der Waals surface area contributed by atoms with Crippen molar-refractivity contribution < 1.29 is 0 Å². The predicted octanol–water partition coefficient (Wildman–Crippen LogP) is 1.51. The van der Waals surface area contributed by atoms with Gasteiger partial charge >= 0.3 is 0 Å². The van der Waals surface area contributed by atoms with Gasteiger partial charge in [-0.05, 0) is 31.2 Å². The molecule has 4 nitrogen and oxygen atoms in total. The number of rotatable bonds is 3. The van der Waals surface area contributed by atoms with Crippen molar-refractivity contribution in [2.75, 3.05) is 6.54 Å². The Balaban J connectivity index is 2.03. The number of nitrogens with two attached hydrogens (primary N) is 1. The molecule has 0 radical (unpaired) electrons. The van der Waals surface area contributed by atoms with Crippen LogP contribution in [0.3, 0.4) is 0 Å². The van der Waals surface area contributed by atoms with E-state index >= 15 is 0 Å². The second kappa shape index (κ2) is 5.43. The lowest BCUT2D eigenvalue weighted by Gasteiger charge is -2.23. The first kappa shape index (κ1) is 11.6. The minimum atomic E-state index is 0.680. The summed E-state index contributed by atoms with van der Waals surface area (Å²) in [6, 6.07) is 0. The third kappa shape index (κ3) is 2.61. The van der Waals surface area contributed by atoms with Crippen molar-refractivity contribution >= 4 is 0 Å². The summed E-state index contributed by atoms with van der Waals surface area (Å²) in [5, 5.41) is 4.13. The molecule has 0 aliphatic heterocycles. The van der Waals surface area contributed by atoms with Crippen LogP contribution in [0.2, 0.25) is 0 Å². The Morgan fingerprint density at radius 1 is 1.31 bits per heavy atom. The van der Waals surface area contributed by atoms with Crippen molar-refractivity contribution in [3.8, 4) is 0 Å². The highest BCUT2D eigenvalue weighted by Gasteiger charge is 2.24. The van der Waals surface area contributed by atoms with Gasteiger partial charge in [-0.3, -0.25) is 4.68 Å². The SMILES string of the molecule is Cn1ncnc1CC1CCCCCC1CN. The molecule has 0 aromatic carbocycles. The van der Waals surface area contributed by atoms with Crippen LogP contribution >= 0.6 is 0 Å². The van der Waals surface area contributed by atoms with E-state index < -0.39 is 0 Å². The van der Waals surface area contributed by atoms with Crippen LogP contribution in [0.1, 0.15) is 37.9 Å². The first-order valence-electron chi connectivity index (χ1n) is 6.34. The Bertz CT molecular complexity index is 321. The molecule has 1 heterocycles. The number of nitrogens with zero attached hydrogens (tertiary/aromatic N) is 3. The van der Waals surface area contributed by atoms with E-state index in [2.05, 4.69) is 10.1 Å². The lowest BCUT2D eigenvalue weighted by atomic mass is 9.85. The number of hydrogen-bond acceptors (Lipinski definition) is 3. The van der Waals surface area contributed by atoms with Gasteiger partial charge in [-0.15, -0.1) is 0 Å². The number of hydrogen-bond donors (Lipinski definition) is 1. The molecule has 0 bridgehead atoms. The summed E-state index contributed by atoms with van der Waals surface area (Å²) in [6.07, 6.45) is 9.33. The Hall–Kier alpha value is -0.900. The lowest BCUT2D eigenvalue weighted by Crippen LogP contribution is -2.25. The van der Waals surface area contributed by atoms with Crippen LogP contribution in [0.25, 0.3) is 0 Å². The molecule has 1 aromatic heterocycles. The van der Waals surface area contributed by atoms with Crippen molar-refractivity contribution in [1.29, 1.82) is 0 Å². The third-order valence-electron chi connectivity index (χ3n) is 3.87. The van der Waals surface area contributed by atoms with Crippen LogP contribution in [0.5, 0.6) is 0 Å². The van der Waals surface area contributed by atoms with Crippen molar-refractivity contribution in [3.63, 3.8) is 0 Å². The molecular formula is C12H22N4. The van der Waals surface area contributed by atoms with E-state index in [-0.39, 0.29) is 0 Å². The largest absolute Gasteiger partial charge is 0.330 e. The van der Waals surface area contributed by atoms with Gasteiger partial charge in [0.2, 0.25) is 0 Å². The maximum absolute atomic E-state index is 5.89. The van der Waals surface area contributed by atoms with E-state index in [1.165, 1.54) is 32.1 Å². The van der Waals surface area contributed by atoms with Gasteiger partial charge in [0.15, 0.2) is 0 Å². The normalized spacial score (nSPS) is 26.6. The average Bonchev–Trinajstić information content (AvgIpc) is 2.56. The molecular weight excluding hydrogens is 200 g/mol. The van der Waals surface area contributed by atoms with Crippen LogP contribution in [-0.2, 0) is 13.5 Å². The van der Waals surface area contributed by atoms with E-state index in [4.69, 9.17) is 5.73 Å². The zero-order chi connectivity index (χ0) is 11.4. The molecule has 4 heteroatoms. The van der Waals surface area contributed by atoms with Crippen molar-refractivity contribution in [2.24, 2.45) is 24.6 Å². The fourth-order valence-corrected chi connectivity index (χ4v) is 2.78. The van der Waals surface area contributed by atoms with E-state index in [0.717, 1.165) is 18.8 Å². The molecule has 2 unspecified atom stereocenters. The highest BCUT2D eigenvalue weighted by Crippen LogP contribution is 2.30. The molecule has 1 aliphatic carbocycles. The minimum absolute atomic E-state index is 0.680.